The molecular formula is C17H16N4O2. The van der Waals surface area contributed by atoms with Gasteiger partial charge in [-0.25, -0.2) is 9.97 Å². The molecule has 1 aromatic heterocycles. The molecule has 3 rings (SSSR count). The van der Waals surface area contributed by atoms with E-state index >= 15 is 0 Å². The van der Waals surface area contributed by atoms with Gasteiger partial charge in [0.1, 0.15) is 5.75 Å². The number of nitrogens with two attached hydrogens (primary N) is 1. The first-order valence-corrected chi connectivity index (χ1v) is 7.09. The van der Waals surface area contributed by atoms with Crippen LogP contribution in [0.5, 0.6) is 5.75 Å². The van der Waals surface area contributed by atoms with Crippen LogP contribution in [0.3, 0.4) is 0 Å². The van der Waals surface area contributed by atoms with Crippen molar-refractivity contribution in [2.75, 3.05) is 12.8 Å². The van der Waals surface area contributed by atoms with Crippen LogP contribution in [-0.2, 0) is 6.54 Å². The lowest BCUT2D eigenvalue weighted by Gasteiger charge is -2.08. The number of methoxy groups -OCH3 is 1. The van der Waals surface area contributed by atoms with Crippen molar-refractivity contribution in [3.63, 3.8) is 0 Å². The first-order chi connectivity index (χ1) is 11.2. The van der Waals surface area contributed by atoms with Gasteiger partial charge in [-0.3, -0.25) is 4.79 Å². The molecule has 23 heavy (non-hydrogen) atoms. The number of nitrogens with one attached hydrogen (secondary N) is 1. The third kappa shape index (κ3) is 3.21. The number of hydrogen-bond acceptors (Lipinski definition) is 5. The fourth-order valence-electron chi connectivity index (χ4n) is 2.30. The van der Waals surface area contributed by atoms with E-state index in [0.717, 1.165) is 22.1 Å². The lowest BCUT2D eigenvalue weighted by Crippen LogP contribution is -2.25. The summed E-state index contributed by atoms with van der Waals surface area (Å²) in [6.07, 6.45) is 2.89. The van der Waals surface area contributed by atoms with Crippen LogP contribution in [0.25, 0.3) is 10.8 Å². The van der Waals surface area contributed by atoms with Gasteiger partial charge in [0.15, 0.2) is 11.5 Å². The van der Waals surface area contributed by atoms with Crippen LogP contribution in [0.2, 0.25) is 0 Å². The Morgan fingerprint density at radius 2 is 1.87 bits per heavy atom. The average molecular weight is 308 g/mol. The van der Waals surface area contributed by atoms with Gasteiger partial charge < -0.3 is 15.8 Å². The van der Waals surface area contributed by atoms with E-state index in [9.17, 15) is 4.79 Å². The van der Waals surface area contributed by atoms with Crippen molar-refractivity contribution in [2.45, 2.75) is 6.54 Å². The number of hydrogen-bond donors (Lipinski definition) is 2. The number of fused-ring (bicyclic) bond motifs is 1. The van der Waals surface area contributed by atoms with Gasteiger partial charge in [-0.15, -0.1) is 0 Å². The molecule has 0 unspecified atom stereocenters. The molecule has 0 bridgehead atoms. The zero-order chi connectivity index (χ0) is 16.2. The molecule has 0 atom stereocenters. The molecule has 1 heterocycles. The van der Waals surface area contributed by atoms with Crippen LogP contribution >= 0.6 is 0 Å². The number of benzene rings is 2. The Morgan fingerprint density at radius 3 is 2.65 bits per heavy atom. The van der Waals surface area contributed by atoms with Gasteiger partial charge in [0.25, 0.3) is 5.91 Å². The molecule has 3 N–H and O–H groups in total. The summed E-state index contributed by atoms with van der Waals surface area (Å²) in [7, 11) is 1.64. The van der Waals surface area contributed by atoms with Crippen LogP contribution in [-0.4, -0.2) is 23.0 Å². The summed E-state index contributed by atoms with van der Waals surface area (Å²) in [5.74, 6) is 0.595. The number of nitrogen functional groups attached to an aromatic ring is 1. The molecule has 0 aliphatic carbocycles. The summed E-state index contributed by atoms with van der Waals surface area (Å²) in [5, 5.41) is 4.96. The normalized spacial score (nSPS) is 10.5. The van der Waals surface area contributed by atoms with E-state index in [4.69, 9.17) is 10.5 Å². The van der Waals surface area contributed by atoms with Gasteiger partial charge >= 0.3 is 0 Å². The van der Waals surface area contributed by atoms with Gasteiger partial charge in [-0.2, -0.15) is 0 Å². The summed E-state index contributed by atoms with van der Waals surface area (Å²) in [4.78, 5) is 19.9. The molecule has 116 valence electrons. The zero-order valence-corrected chi connectivity index (χ0v) is 12.6. The van der Waals surface area contributed by atoms with E-state index in [1.54, 1.807) is 7.11 Å². The number of aromatic nitrogens is 2. The van der Waals surface area contributed by atoms with E-state index in [1.807, 2.05) is 36.4 Å². The molecule has 0 aliphatic rings. The molecule has 2 aromatic carbocycles. The highest BCUT2D eigenvalue weighted by Crippen LogP contribution is 2.21. The predicted molar refractivity (Wildman–Crippen MR) is 88.1 cm³/mol. The molecule has 0 saturated carbocycles. The second-order valence-corrected chi connectivity index (χ2v) is 5.02. The lowest BCUT2D eigenvalue weighted by atomic mass is 10.1. The smallest absolute Gasteiger partial charge is 0.273 e. The number of amides is 1. The van der Waals surface area contributed by atoms with Crippen molar-refractivity contribution >= 4 is 22.5 Å². The van der Waals surface area contributed by atoms with Crippen molar-refractivity contribution in [1.82, 2.24) is 15.3 Å². The van der Waals surface area contributed by atoms with E-state index in [1.165, 1.54) is 12.4 Å². The molecule has 0 spiro atoms. The van der Waals surface area contributed by atoms with Gasteiger partial charge in [-0.1, -0.05) is 18.2 Å². The maximum absolute atomic E-state index is 12.1. The highest BCUT2D eigenvalue weighted by Gasteiger charge is 2.11. The van der Waals surface area contributed by atoms with E-state index in [2.05, 4.69) is 15.3 Å². The molecule has 1 amide bonds. The molecule has 0 aliphatic heterocycles. The quantitative estimate of drug-likeness (QED) is 0.770. The number of ether oxygens (including phenoxy) is 1. The van der Waals surface area contributed by atoms with Gasteiger partial charge in [0, 0.05) is 18.9 Å². The van der Waals surface area contributed by atoms with Gasteiger partial charge in [0.2, 0.25) is 0 Å². The lowest BCUT2D eigenvalue weighted by molar-refractivity contribution is 0.0946. The standard InChI is InChI=1S/C17H16N4O2/c1-23-14-5-4-12-8-11(2-3-13(12)9-14)10-21-17(22)15-16(18)20-7-6-19-15/h2-9H,10H2,1H3,(H2,18,20)(H,21,22). The largest absolute Gasteiger partial charge is 0.497 e. The SMILES string of the molecule is COc1ccc2cc(CNC(=O)c3nccnc3N)ccc2c1. The summed E-state index contributed by atoms with van der Waals surface area (Å²) in [5.41, 5.74) is 6.77. The van der Waals surface area contributed by atoms with Crippen molar-refractivity contribution in [2.24, 2.45) is 0 Å². The molecular weight excluding hydrogens is 292 g/mol. The van der Waals surface area contributed by atoms with Crippen molar-refractivity contribution in [1.29, 1.82) is 0 Å². The van der Waals surface area contributed by atoms with E-state index < -0.39 is 0 Å². The maximum Gasteiger partial charge on any atom is 0.273 e. The maximum atomic E-state index is 12.1. The Kier molecular flexibility index (Phi) is 4.05. The fraction of sp³-hybridized carbons (Fsp3) is 0.118. The number of anilines is 1. The topological polar surface area (TPSA) is 90.1 Å². The second kappa shape index (κ2) is 6.31. The molecule has 6 nitrogen and oxygen atoms in total. The van der Waals surface area contributed by atoms with E-state index in [-0.39, 0.29) is 17.4 Å². The summed E-state index contributed by atoms with van der Waals surface area (Å²) in [6.45, 7) is 0.386. The molecule has 6 heteroatoms. The Hall–Kier alpha value is -3.15. The zero-order valence-electron chi connectivity index (χ0n) is 12.6. The minimum atomic E-state index is -0.342. The van der Waals surface area contributed by atoms with Gasteiger partial charge in [-0.05, 0) is 34.5 Å². The van der Waals surface area contributed by atoms with Gasteiger partial charge in [0.05, 0.1) is 7.11 Å². The Balaban J connectivity index is 1.74. The van der Waals surface area contributed by atoms with Crippen LogP contribution in [0.4, 0.5) is 5.82 Å². The first-order valence-electron chi connectivity index (χ1n) is 7.09. The number of nitrogens with zero attached hydrogens (tertiary/aromatic N) is 2. The Labute approximate surface area is 133 Å². The molecule has 0 saturated heterocycles. The average Bonchev–Trinajstić information content (AvgIpc) is 2.59. The highest BCUT2D eigenvalue weighted by atomic mass is 16.5. The monoisotopic (exact) mass is 308 g/mol. The second-order valence-electron chi connectivity index (χ2n) is 5.02. The summed E-state index contributed by atoms with van der Waals surface area (Å²) in [6, 6.07) is 11.8. The van der Waals surface area contributed by atoms with Crippen LogP contribution in [0.15, 0.2) is 48.8 Å². The van der Waals surface area contributed by atoms with Crippen LogP contribution < -0.4 is 15.8 Å². The highest BCUT2D eigenvalue weighted by molar-refractivity contribution is 5.96. The fourth-order valence-corrected chi connectivity index (χ4v) is 2.30. The number of rotatable bonds is 4. The van der Waals surface area contributed by atoms with Crippen molar-refractivity contribution < 1.29 is 9.53 Å². The Morgan fingerprint density at radius 1 is 1.13 bits per heavy atom. The number of carbonyl (C=O) groups is 1. The molecule has 0 fully saturated rings. The molecule has 0 radical (unpaired) electrons. The summed E-state index contributed by atoms with van der Waals surface area (Å²) >= 11 is 0. The van der Waals surface area contributed by atoms with Crippen LogP contribution in [0.1, 0.15) is 16.1 Å². The molecule has 3 aromatic rings. The minimum Gasteiger partial charge on any atom is -0.497 e. The van der Waals surface area contributed by atoms with Crippen LogP contribution in [0, 0.1) is 0 Å². The summed E-state index contributed by atoms with van der Waals surface area (Å²) < 4.78 is 5.21. The third-order valence-corrected chi connectivity index (χ3v) is 3.51. The minimum absolute atomic E-state index is 0.121. The Bertz CT molecular complexity index is 864. The van der Waals surface area contributed by atoms with E-state index in [0.29, 0.717) is 6.54 Å². The predicted octanol–water partition coefficient (Wildman–Crippen LogP) is 2.15. The number of carbonyl (C=O) groups excluding carboxylic acids is 1. The van der Waals surface area contributed by atoms with Crippen molar-refractivity contribution in [3.05, 3.63) is 60.0 Å². The first kappa shape index (κ1) is 14.8. The third-order valence-electron chi connectivity index (χ3n) is 3.51. The van der Waals surface area contributed by atoms with Crippen molar-refractivity contribution in [3.8, 4) is 5.75 Å².